The Kier molecular flexibility index (Phi) is 3.83. The van der Waals surface area contributed by atoms with Crippen molar-refractivity contribution >= 4 is 34.8 Å². The first-order chi connectivity index (χ1) is 8.11. The minimum absolute atomic E-state index is 0.282. The van der Waals surface area contributed by atoms with Crippen LogP contribution in [0.1, 0.15) is 25.5 Å². The number of thiocarbonyl (C=S) groups is 1. The number of anilines is 1. The number of thioether (sulfide) groups is 1. The third-order valence-corrected chi connectivity index (χ3v) is 4.59. The largest absolute Gasteiger partial charge is 0.388 e. The van der Waals surface area contributed by atoms with Crippen molar-refractivity contribution < 1.29 is 0 Å². The molecule has 1 unspecified atom stereocenters. The van der Waals surface area contributed by atoms with E-state index in [2.05, 4.69) is 22.2 Å². The van der Waals surface area contributed by atoms with E-state index in [1.807, 2.05) is 11.8 Å². The molecule has 0 radical (unpaired) electrons. The van der Waals surface area contributed by atoms with Gasteiger partial charge in [0.1, 0.15) is 10.7 Å². The fourth-order valence-electron chi connectivity index (χ4n) is 1.89. The van der Waals surface area contributed by atoms with Crippen LogP contribution in [-0.4, -0.2) is 32.0 Å². The number of hydrogen-bond acceptors (Lipinski definition) is 5. The normalized spacial score (nSPS) is 23.6. The van der Waals surface area contributed by atoms with Crippen LogP contribution in [0.2, 0.25) is 0 Å². The lowest BCUT2D eigenvalue weighted by Gasteiger charge is -2.23. The van der Waals surface area contributed by atoms with Crippen LogP contribution in [0, 0.1) is 0 Å². The minimum atomic E-state index is 0.282. The van der Waals surface area contributed by atoms with Crippen molar-refractivity contribution in [3.63, 3.8) is 0 Å². The van der Waals surface area contributed by atoms with Gasteiger partial charge in [-0.3, -0.25) is 0 Å². The Labute approximate surface area is 111 Å². The molecule has 1 aromatic heterocycles. The van der Waals surface area contributed by atoms with Gasteiger partial charge >= 0.3 is 0 Å². The quantitative estimate of drug-likeness (QED) is 0.812. The first-order valence-electron chi connectivity index (χ1n) is 5.59. The van der Waals surface area contributed by atoms with Crippen molar-refractivity contribution in [2.24, 2.45) is 5.73 Å². The SMILES string of the molecule is CC1(CNc2nccnc2C(N)=S)CCCS1. The Balaban J connectivity index is 2.06. The number of nitrogens with zero attached hydrogens (tertiary/aromatic N) is 2. The number of nitrogens with one attached hydrogen (secondary N) is 1. The molecular formula is C11H16N4S2. The van der Waals surface area contributed by atoms with Gasteiger partial charge in [0, 0.05) is 23.7 Å². The van der Waals surface area contributed by atoms with Crippen molar-refractivity contribution in [3.05, 3.63) is 18.1 Å². The molecule has 1 fully saturated rings. The molecule has 2 rings (SSSR count). The van der Waals surface area contributed by atoms with E-state index >= 15 is 0 Å². The van der Waals surface area contributed by atoms with E-state index in [0.717, 1.165) is 6.54 Å². The number of aromatic nitrogens is 2. The maximum Gasteiger partial charge on any atom is 0.155 e. The second-order valence-corrected chi connectivity index (χ2v) is 6.50. The maximum atomic E-state index is 5.61. The van der Waals surface area contributed by atoms with Crippen LogP contribution in [-0.2, 0) is 0 Å². The Hall–Kier alpha value is -0.880. The van der Waals surface area contributed by atoms with Gasteiger partial charge in [0.2, 0.25) is 0 Å². The predicted molar refractivity (Wildman–Crippen MR) is 76.5 cm³/mol. The molecule has 1 saturated heterocycles. The third kappa shape index (κ3) is 3.07. The average molecular weight is 268 g/mol. The summed E-state index contributed by atoms with van der Waals surface area (Å²) in [6.45, 7) is 3.14. The summed E-state index contributed by atoms with van der Waals surface area (Å²) >= 11 is 6.96. The molecular weight excluding hydrogens is 252 g/mol. The fraction of sp³-hybridized carbons (Fsp3) is 0.545. The summed E-state index contributed by atoms with van der Waals surface area (Å²) in [5.74, 6) is 1.93. The van der Waals surface area contributed by atoms with Gasteiger partial charge in [-0.2, -0.15) is 11.8 Å². The summed E-state index contributed by atoms with van der Waals surface area (Å²) in [5, 5.41) is 3.32. The maximum absolute atomic E-state index is 5.61. The van der Waals surface area contributed by atoms with Crippen molar-refractivity contribution in [3.8, 4) is 0 Å². The third-order valence-electron chi connectivity index (χ3n) is 2.86. The zero-order valence-electron chi connectivity index (χ0n) is 9.77. The highest BCUT2D eigenvalue weighted by atomic mass is 32.2. The van der Waals surface area contributed by atoms with Gasteiger partial charge in [0.15, 0.2) is 5.82 Å². The van der Waals surface area contributed by atoms with Crippen LogP contribution in [0.25, 0.3) is 0 Å². The van der Waals surface area contributed by atoms with Crippen LogP contribution < -0.4 is 11.1 Å². The Bertz CT molecular complexity index is 416. The van der Waals surface area contributed by atoms with E-state index in [-0.39, 0.29) is 9.74 Å². The molecule has 0 amide bonds. The van der Waals surface area contributed by atoms with E-state index in [4.69, 9.17) is 18.0 Å². The summed E-state index contributed by atoms with van der Waals surface area (Å²) in [6, 6.07) is 0. The van der Waals surface area contributed by atoms with Crippen LogP contribution in [0.4, 0.5) is 5.82 Å². The first kappa shape index (κ1) is 12.6. The molecule has 1 atom stereocenters. The monoisotopic (exact) mass is 268 g/mol. The molecule has 2 heterocycles. The van der Waals surface area contributed by atoms with Crippen LogP contribution in [0.3, 0.4) is 0 Å². The van der Waals surface area contributed by atoms with Crippen molar-refractivity contribution in [2.75, 3.05) is 17.6 Å². The smallest absolute Gasteiger partial charge is 0.155 e. The molecule has 0 aromatic carbocycles. The Morgan fingerprint density at radius 3 is 3.00 bits per heavy atom. The van der Waals surface area contributed by atoms with Crippen molar-refractivity contribution in [1.29, 1.82) is 0 Å². The highest BCUT2D eigenvalue weighted by Gasteiger charge is 2.29. The van der Waals surface area contributed by atoms with Gasteiger partial charge in [-0.05, 0) is 25.5 Å². The highest BCUT2D eigenvalue weighted by Crippen LogP contribution is 2.37. The van der Waals surface area contributed by atoms with Gasteiger partial charge in [0.05, 0.1) is 0 Å². The molecule has 1 aliphatic rings. The molecule has 4 nitrogen and oxygen atoms in total. The van der Waals surface area contributed by atoms with Crippen LogP contribution in [0.5, 0.6) is 0 Å². The number of hydrogen-bond donors (Lipinski definition) is 2. The van der Waals surface area contributed by atoms with Crippen molar-refractivity contribution in [1.82, 2.24) is 9.97 Å². The lowest BCUT2D eigenvalue weighted by molar-refractivity contribution is 0.633. The second kappa shape index (κ2) is 5.18. The Morgan fingerprint density at radius 1 is 1.59 bits per heavy atom. The standard InChI is InChI=1S/C11H16N4S2/c1-11(3-2-6-17-11)7-15-10-8(9(12)16)13-4-5-14-10/h4-5H,2-3,6-7H2,1H3,(H2,12,16)(H,14,15). The summed E-state index contributed by atoms with van der Waals surface area (Å²) in [5.41, 5.74) is 6.19. The summed E-state index contributed by atoms with van der Waals surface area (Å²) in [7, 11) is 0. The van der Waals surface area contributed by atoms with Crippen LogP contribution in [0.15, 0.2) is 12.4 Å². The predicted octanol–water partition coefficient (Wildman–Crippen LogP) is 1.81. The molecule has 17 heavy (non-hydrogen) atoms. The molecule has 0 aliphatic carbocycles. The second-order valence-electron chi connectivity index (χ2n) is 4.37. The van der Waals surface area contributed by atoms with Crippen LogP contribution >= 0.6 is 24.0 Å². The first-order valence-corrected chi connectivity index (χ1v) is 6.99. The topological polar surface area (TPSA) is 63.8 Å². The zero-order valence-corrected chi connectivity index (χ0v) is 11.4. The summed E-state index contributed by atoms with van der Waals surface area (Å²) in [6.07, 6.45) is 5.76. The highest BCUT2D eigenvalue weighted by molar-refractivity contribution is 8.00. The fourth-order valence-corrected chi connectivity index (χ4v) is 3.29. The summed E-state index contributed by atoms with van der Waals surface area (Å²) < 4.78 is 0.283. The van der Waals surface area contributed by atoms with Gasteiger partial charge in [-0.1, -0.05) is 12.2 Å². The van der Waals surface area contributed by atoms with Gasteiger partial charge in [-0.15, -0.1) is 0 Å². The molecule has 3 N–H and O–H groups in total. The van der Waals surface area contributed by atoms with Gasteiger partial charge in [0.25, 0.3) is 0 Å². The van der Waals surface area contributed by atoms with E-state index in [0.29, 0.717) is 11.5 Å². The molecule has 0 spiro atoms. The van der Waals surface area contributed by atoms with Crippen molar-refractivity contribution in [2.45, 2.75) is 24.5 Å². The molecule has 0 saturated carbocycles. The van der Waals surface area contributed by atoms with E-state index in [1.54, 1.807) is 12.4 Å². The molecule has 0 bridgehead atoms. The molecule has 1 aliphatic heterocycles. The molecule has 1 aromatic rings. The lowest BCUT2D eigenvalue weighted by Crippen LogP contribution is -2.28. The molecule has 92 valence electrons. The van der Waals surface area contributed by atoms with Gasteiger partial charge < -0.3 is 11.1 Å². The minimum Gasteiger partial charge on any atom is -0.388 e. The number of nitrogens with two attached hydrogens (primary N) is 1. The number of rotatable bonds is 4. The van der Waals surface area contributed by atoms with Gasteiger partial charge in [-0.25, -0.2) is 9.97 Å². The Morgan fingerprint density at radius 2 is 2.35 bits per heavy atom. The molecule has 6 heteroatoms. The van der Waals surface area contributed by atoms with E-state index in [9.17, 15) is 0 Å². The summed E-state index contributed by atoms with van der Waals surface area (Å²) in [4.78, 5) is 8.67. The average Bonchev–Trinajstić information content (AvgIpc) is 2.74. The zero-order chi connectivity index (χ0) is 12.3. The lowest BCUT2D eigenvalue weighted by atomic mass is 10.1. The van der Waals surface area contributed by atoms with E-state index < -0.39 is 0 Å². The van der Waals surface area contributed by atoms with E-state index in [1.165, 1.54) is 18.6 Å².